The van der Waals surface area contributed by atoms with E-state index in [-0.39, 0.29) is 5.97 Å². The van der Waals surface area contributed by atoms with Crippen LogP contribution in [0.2, 0.25) is 0 Å². The van der Waals surface area contributed by atoms with Gasteiger partial charge in [0, 0.05) is 17.4 Å². The SMILES string of the molecule is Cc1ccc(-c2nc(COC(=O)C[C@H]3C[C@@H]4CC[C@@H]3C4)cs2)cc1. The standard InChI is InChI=1S/C20H23NO2S/c1-13-2-5-15(6-3-13)20-21-18(12-24-20)11-23-19(22)10-17-9-14-4-7-16(17)8-14/h2-3,5-6,12,14,16-17H,4,7-11H2,1H3/t14-,16-,17-/m1/s1. The van der Waals surface area contributed by atoms with Gasteiger partial charge in [0.05, 0.1) is 5.69 Å². The Balaban J connectivity index is 1.30. The van der Waals surface area contributed by atoms with Crippen molar-refractivity contribution in [2.24, 2.45) is 17.8 Å². The molecule has 0 unspecified atom stereocenters. The van der Waals surface area contributed by atoms with Gasteiger partial charge in [-0.2, -0.15) is 0 Å². The molecule has 4 heteroatoms. The van der Waals surface area contributed by atoms with Crippen molar-refractivity contribution in [1.82, 2.24) is 4.98 Å². The molecule has 0 radical (unpaired) electrons. The number of esters is 1. The van der Waals surface area contributed by atoms with Crippen LogP contribution in [0.25, 0.3) is 10.6 Å². The van der Waals surface area contributed by atoms with Crippen molar-refractivity contribution in [2.75, 3.05) is 0 Å². The van der Waals surface area contributed by atoms with Crippen LogP contribution < -0.4 is 0 Å². The van der Waals surface area contributed by atoms with Crippen LogP contribution in [0.15, 0.2) is 29.6 Å². The lowest BCUT2D eigenvalue weighted by atomic mass is 9.86. The monoisotopic (exact) mass is 341 g/mol. The van der Waals surface area contributed by atoms with Crippen LogP contribution in [0.4, 0.5) is 0 Å². The molecule has 0 N–H and O–H groups in total. The molecule has 24 heavy (non-hydrogen) atoms. The predicted octanol–water partition coefficient (Wildman–Crippen LogP) is 4.99. The topological polar surface area (TPSA) is 39.2 Å². The van der Waals surface area contributed by atoms with Crippen LogP contribution in [0.5, 0.6) is 0 Å². The van der Waals surface area contributed by atoms with Crippen molar-refractivity contribution in [2.45, 2.75) is 45.6 Å². The van der Waals surface area contributed by atoms with Crippen LogP contribution in [-0.4, -0.2) is 11.0 Å². The number of benzene rings is 1. The summed E-state index contributed by atoms with van der Waals surface area (Å²) in [6.45, 7) is 2.37. The van der Waals surface area contributed by atoms with Gasteiger partial charge in [0.2, 0.25) is 0 Å². The predicted molar refractivity (Wildman–Crippen MR) is 95.6 cm³/mol. The second-order valence-electron chi connectivity index (χ2n) is 7.31. The largest absolute Gasteiger partial charge is 0.459 e. The summed E-state index contributed by atoms with van der Waals surface area (Å²) < 4.78 is 5.47. The summed E-state index contributed by atoms with van der Waals surface area (Å²) in [6, 6.07) is 8.34. The summed E-state index contributed by atoms with van der Waals surface area (Å²) >= 11 is 1.60. The number of carbonyl (C=O) groups excluding carboxylic acids is 1. The summed E-state index contributed by atoms with van der Waals surface area (Å²) in [6.07, 6.45) is 5.85. The molecule has 4 rings (SSSR count). The van der Waals surface area contributed by atoms with Crippen LogP contribution in [-0.2, 0) is 16.1 Å². The fraction of sp³-hybridized carbons (Fsp3) is 0.500. The van der Waals surface area contributed by atoms with Gasteiger partial charge in [0.1, 0.15) is 11.6 Å². The van der Waals surface area contributed by atoms with Crippen molar-refractivity contribution in [3.05, 3.63) is 40.9 Å². The molecular weight excluding hydrogens is 318 g/mol. The van der Waals surface area contributed by atoms with Gasteiger partial charge in [-0.25, -0.2) is 4.98 Å². The molecule has 3 nitrogen and oxygen atoms in total. The van der Waals surface area contributed by atoms with Gasteiger partial charge in [-0.3, -0.25) is 4.79 Å². The number of fused-ring (bicyclic) bond motifs is 2. The maximum atomic E-state index is 12.1. The van der Waals surface area contributed by atoms with Gasteiger partial charge < -0.3 is 4.74 Å². The van der Waals surface area contributed by atoms with E-state index in [0.29, 0.717) is 18.9 Å². The van der Waals surface area contributed by atoms with Gasteiger partial charge >= 0.3 is 5.97 Å². The minimum Gasteiger partial charge on any atom is -0.459 e. The summed E-state index contributed by atoms with van der Waals surface area (Å²) in [4.78, 5) is 16.7. The van der Waals surface area contributed by atoms with Crippen molar-refractivity contribution in [3.63, 3.8) is 0 Å². The summed E-state index contributed by atoms with van der Waals surface area (Å²) in [5.74, 6) is 2.16. The average molecular weight is 341 g/mol. The fourth-order valence-electron chi connectivity index (χ4n) is 4.26. The highest BCUT2D eigenvalue weighted by Gasteiger charge is 2.40. The van der Waals surface area contributed by atoms with E-state index >= 15 is 0 Å². The molecule has 2 aromatic rings. The Morgan fingerprint density at radius 2 is 2.08 bits per heavy atom. The smallest absolute Gasteiger partial charge is 0.306 e. The number of nitrogens with zero attached hydrogens (tertiary/aromatic N) is 1. The molecule has 0 saturated heterocycles. The molecule has 1 aromatic heterocycles. The molecule has 3 atom stereocenters. The van der Waals surface area contributed by atoms with E-state index in [1.807, 2.05) is 5.38 Å². The second-order valence-corrected chi connectivity index (χ2v) is 8.17. The van der Waals surface area contributed by atoms with Gasteiger partial charge in [0.25, 0.3) is 0 Å². The van der Waals surface area contributed by atoms with E-state index in [9.17, 15) is 4.79 Å². The zero-order valence-corrected chi connectivity index (χ0v) is 14.8. The first-order valence-corrected chi connectivity index (χ1v) is 9.72. The number of ether oxygens (including phenoxy) is 1. The summed E-state index contributed by atoms with van der Waals surface area (Å²) in [5.41, 5.74) is 3.20. The van der Waals surface area contributed by atoms with Crippen molar-refractivity contribution >= 4 is 17.3 Å². The van der Waals surface area contributed by atoms with Crippen LogP contribution >= 0.6 is 11.3 Å². The maximum absolute atomic E-state index is 12.1. The minimum absolute atomic E-state index is 0.0579. The molecular formula is C20H23NO2S. The molecule has 0 spiro atoms. The molecule has 1 aromatic carbocycles. The molecule has 2 saturated carbocycles. The molecule has 1 heterocycles. The van der Waals surface area contributed by atoms with E-state index in [1.54, 1.807) is 11.3 Å². The van der Waals surface area contributed by atoms with E-state index in [2.05, 4.69) is 36.2 Å². The lowest BCUT2D eigenvalue weighted by Gasteiger charge is -2.20. The van der Waals surface area contributed by atoms with E-state index in [0.717, 1.165) is 28.1 Å². The molecule has 2 fully saturated rings. The third-order valence-electron chi connectivity index (χ3n) is 5.54. The third kappa shape index (κ3) is 3.39. The van der Waals surface area contributed by atoms with Gasteiger partial charge in [-0.15, -0.1) is 11.3 Å². The summed E-state index contributed by atoms with van der Waals surface area (Å²) in [7, 11) is 0. The van der Waals surface area contributed by atoms with E-state index in [1.165, 1.54) is 31.2 Å². The van der Waals surface area contributed by atoms with Gasteiger partial charge in [-0.05, 0) is 43.9 Å². The van der Waals surface area contributed by atoms with Crippen molar-refractivity contribution < 1.29 is 9.53 Å². The number of aryl methyl sites for hydroxylation is 1. The third-order valence-corrected chi connectivity index (χ3v) is 6.48. The fourth-order valence-corrected chi connectivity index (χ4v) is 5.07. The first-order chi connectivity index (χ1) is 11.7. The highest BCUT2D eigenvalue weighted by atomic mass is 32.1. The Bertz CT molecular complexity index is 721. The first kappa shape index (κ1) is 15.8. The Morgan fingerprint density at radius 1 is 1.25 bits per heavy atom. The zero-order chi connectivity index (χ0) is 16.5. The number of carbonyl (C=O) groups is 1. The minimum atomic E-state index is -0.0579. The molecule has 0 amide bonds. The van der Waals surface area contributed by atoms with Gasteiger partial charge in [-0.1, -0.05) is 36.2 Å². The molecule has 2 aliphatic carbocycles. The van der Waals surface area contributed by atoms with Crippen molar-refractivity contribution in [1.29, 1.82) is 0 Å². The molecule has 126 valence electrons. The lowest BCUT2D eigenvalue weighted by molar-refractivity contribution is -0.146. The van der Waals surface area contributed by atoms with Crippen LogP contribution in [0.3, 0.4) is 0 Å². The van der Waals surface area contributed by atoms with Crippen LogP contribution in [0.1, 0.15) is 43.4 Å². The van der Waals surface area contributed by atoms with Crippen LogP contribution in [0, 0.1) is 24.7 Å². The maximum Gasteiger partial charge on any atom is 0.306 e. The second kappa shape index (κ2) is 6.67. The number of aromatic nitrogens is 1. The van der Waals surface area contributed by atoms with Gasteiger partial charge in [0.15, 0.2) is 0 Å². The number of thiazole rings is 1. The zero-order valence-electron chi connectivity index (χ0n) is 14.0. The molecule has 2 bridgehead atoms. The lowest BCUT2D eigenvalue weighted by Crippen LogP contribution is -2.17. The average Bonchev–Trinajstić information content (AvgIpc) is 3.30. The Morgan fingerprint density at radius 3 is 2.79 bits per heavy atom. The number of rotatable bonds is 5. The van der Waals surface area contributed by atoms with E-state index < -0.39 is 0 Å². The Kier molecular flexibility index (Phi) is 4.40. The normalized spacial score (nSPS) is 25.1. The Hall–Kier alpha value is -1.68. The highest BCUT2D eigenvalue weighted by Crippen LogP contribution is 2.49. The quantitative estimate of drug-likeness (QED) is 0.719. The molecule has 2 aliphatic rings. The highest BCUT2D eigenvalue weighted by molar-refractivity contribution is 7.13. The Labute approximate surface area is 147 Å². The van der Waals surface area contributed by atoms with E-state index in [4.69, 9.17) is 4.74 Å². The molecule has 0 aliphatic heterocycles. The number of hydrogen-bond donors (Lipinski definition) is 0. The number of hydrogen-bond acceptors (Lipinski definition) is 4. The van der Waals surface area contributed by atoms with Crippen molar-refractivity contribution in [3.8, 4) is 10.6 Å². The summed E-state index contributed by atoms with van der Waals surface area (Å²) in [5, 5.41) is 2.97. The first-order valence-electron chi connectivity index (χ1n) is 8.84.